The molecule has 0 saturated carbocycles. The first kappa shape index (κ1) is 26.7. The highest BCUT2D eigenvalue weighted by Gasteiger charge is 2.17. The molecule has 0 saturated heterocycles. The molecule has 1 unspecified atom stereocenters. The Morgan fingerprint density at radius 3 is 2.28 bits per heavy atom. The van der Waals surface area contributed by atoms with Crippen molar-refractivity contribution in [2.75, 3.05) is 33.3 Å². The van der Waals surface area contributed by atoms with Crippen LogP contribution in [-0.4, -0.2) is 61.7 Å². The lowest BCUT2D eigenvalue weighted by atomic mass is 10.0. The van der Waals surface area contributed by atoms with Gasteiger partial charge < -0.3 is 20.3 Å². The van der Waals surface area contributed by atoms with E-state index in [9.17, 15) is 4.79 Å². The fourth-order valence-corrected chi connectivity index (χ4v) is 2.34. The Labute approximate surface area is 171 Å². The molecule has 0 radical (unpaired) electrons. The van der Waals surface area contributed by atoms with E-state index in [4.69, 9.17) is 4.74 Å². The number of likely N-dealkylation sites (N-methyl/N-ethyl adjacent to an activating group) is 1. The van der Waals surface area contributed by atoms with Gasteiger partial charge in [0.1, 0.15) is 0 Å². The molecule has 150 valence electrons. The van der Waals surface area contributed by atoms with Crippen LogP contribution in [0, 0.1) is 5.92 Å². The fraction of sp³-hybridized carbons (Fsp3) is 0.889. The van der Waals surface area contributed by atoms with Crippen LogP contribution in [-0.2, 0) is 9.53 Å². The van der Waals surface area contributed by atoms with E-state index in [0.29, 0.717) is 12.5 Å². The third-order valence-corrected chi connectivity index (χ3v) is 3.39. The number of carbonyl (C=O) groups excluding carboxylic acids is 1. The Morgan fingerprint density at radius 1 is 1.24 bits per heavy atom. The summed E-state index contributed by atoms with van der Waals surface area (Å²) in [6.07, 6.45) is 1.10. The summed E-state index contributed by atoms with van der Waals surface area (Å²) in [5.74, 6) is 1.21. The van der Waals surface area contributed by atoms with Crippen LogP contribution in [0.2, 0.25) is 0 Å². The Hall–Kier alpha value is -0.570. The number of aliphatic imine (C=N–C) groups is 1. The first-order valence-electron chi connectivity index (χ1n) is 9.02. The number of ether oxygens (including phenoxy) is 1. The van der Waals surface area contributed by atoms with Gasteiger partial charge in [0.05, 0.1) is 12.6 Å². The molecule has 0 aliphatic rings. The van der Waals surface area contributed by atoms with Crippen LogP contribution in [0.3, 0.4) is 0 Å². The van der Waals surface area contributed by atoms with Crippen LogP contribution < -0.4 is 10.6 Å². The average molecular weight is 470 g/mol. The lowest BCUT2D eigenvalue weighted by molar-refractivity contribution is -0.122. The molecule has 1 atom stereocenters. The smallest absolute Gasteiger partial charge is 0.240 e. The molecule has 6 nitrogen and oxygen atoms in total. The van der Waals surface area contributed by atoms with Crippen LogP contribution in [0.15, 0.2) is 4.99 Å². The third kappa shape index (κ3) is 13.3. The van der Waals surface area contributed by atoms with E-state index >= 15 is 0 Å². The van der Waals surface area contributed by atoms with Gasteiger partial charge in [-0.25, -0.2) is 0 Å². The van der Waals surface area contributed by atoms with Gasteiger partial charge >= 0.3 is 0 Å². The van der Waals surface area contributed by atoms with E-state index < -0.39 is 0 Å². The van der Waals surface area contributed by atoms with Crippen molar-refractivity contribution in [2.24, 2.45) is 10.9 Å². The topological polar surface area (TPSA) is 66.0 Å². The standard InChI is InChI=1S/C18H38N4O2.HI/c1-9-19-17(20-12-11-15(14(3)4)24-10-2)22(8)13-16(23)21-18(5,6)7;/h14-15H,9-13H2,1-8H3,(H,19,20)(H,21,23);1H. The van der Waals surface area contributed by atoms with Crippen molar-refractivity contribution in [2.45, 2.75) is 66.5 Å². The number of rotatable bonds is 9. The van der Waals surface area contributed by atoms with Gasteiger partial charge in [0.2, 0.25) is 5.91 Å². The highest BCUT2D eigenvalue weighted by molar-refractivity contribution is 14.0. The summed E-state index contributed by atoms with van der Waals surface area (Å²) in [7, 11) is 1.88. The maximum atomic E-state index is 12.1. The predicted molar refractivity (Wildman–Crippen MR) is 117 cm³/mol. The first-order valence-corrected chi connectivity index (χ1v) is 9.02. The minimum atomic E-state index is -0.227. The molecule has 25 heavy (non-hydrogen) atoms. The van der Waals surface area contributed by atoms with Crippen molar-refractivity contribution in [3.05, 3.63) is 0 Å². The van der Waals surface area contributed by atoms with Crippen molar-refractivity contribution < 1.29 is 9.53 Å². The average Bonchev–Trinajstić information content (AvgIpc) is 2.42. The quantitative estimate of drug-likeness (QED) is 0.309. The molecule has 0 aromatic rings. The number of amides is 1. The molecule has 0 aromatic heterocycles. The lowest BCUT2D eigenvalue weighted by Crippen LogP contribution is -2.48. The summed E-state index contributed by atoms with van der Waals surface area (Å²) in [6.45, 7) is 16.7. The molecule has 0 fully saturated rings. The van der Waals surface area contributed by atoms with Gasteiger partial charge in [-0.05, 0) is 47.0 Å². The Bertz CT molecular complexity index is 395. The highest BCUT2D eigenvalue weighted by atomic mass is 127. The zero-order valence-corrected chi connectivity index (χ0v) is 19.6. The molecule has 0 aliphatic heterocycles. The molecule has 0 aromatic carbocycles. The molecule has 0 spiro atoms. The van der Waals surface area contributed by atoms with Crippen molar-refractivity contribution in [3.63, 3.8) is 0 Å². The number of nitrogens with one attached hydrogen (secondary N) is 2. The van der Waals surface area contributed by atoms with Gasteiger partial charge in [0.25, 0.3) is 0 Å². The molecule has 0 aliphatic carbocycles. The summed E-state index contributed by atoms with van der Waals surface area (Å²) in [6, 6.07) is 0. The maximum Gasteiger partial charge on any atom is 0.240 e. The van der Waals surface area contributed by atoms with E-state index in [0.717, 1.165) is 25.5 Å². The third-order valence-electron chi connectivity index (χ3n) is 3.39. The van der Waals surface area contributed by atoms with Gasteiger partial charge in [-0.2, -0.15) is 0 Å². The zero-order chi connectivity index (χ0) is 18.8. The largest absolute Gasteiger partial charge is 0.378 e. The molecular formula is C18H39IN4O2. The van der Waals surface area contributed by atoms with Gasteiger partial charge in [0, 0.05) is 32.3 Å². The van der Waals surface area contributed by atoms with Crippen molar-refractivity contribution in [3.8, 4) is 0 Å². The molecule has 0 heterocycles. The Balaban J connectivity index is 0. The second-order valence-corrected chi connectivity index (χ2v) is 7.42. The highest BCUT2D eigenvalue weighted by Crippen LogP contribution is 2.10. The van der Waals surface area contributed by atoms with E-state index in [1.54, 1.807) is 0 Å². The van der Waals surface area contributed by atoms with Crippen LogP contribution in [0.5, 0.6) is 0 Å². The maximum absolute atomic E-state index is 12.1. The summed E-state index contributed by atoms with van der Waals surface area (Å²) in [5.41, 5.74) is -0.227. The summed E-state index contributed by atoms with van der Waals surface area (Å²) >= 11 is 0. The van der Waals surface area contributed by atoms with E-state index in [2.05, 4.69) is 29.5 Å². The molecular weight excluding hydrogens is 431 g/mol. The van der Waals surface area contributed by atoms with Crippen LogP contribution in [0.25, 0.3) is 0 Å². The summed E-state index contributed by atoms with van der Waals surface area (Å²) in [5, 5.41) is 6.21. The minimum Gasteiger partial charge on any atom is -0.378 e. The number of halogens is 1. The van der Waals surface area contributed by atoms with Crippen molar-refractivity contribution in [1.82, 2.24) is 15.5 Å². The van der Waals surface area contributed by atoms with Crippen molar-refractivity contribution >= 4 is 35.8 Å². The van der Waals surface area contributed by atoms with Gasteiger partial charge in [-0.15, -0.1) is 24.0 Å². The number of hydrogen-bond donors (Lipinski definition) is 2. The number of guanidine groups is 1. The molecule has 0 rings (SSSR count). The number of nitrogens with zero attached hydrogens (tertiary/aromatic N) is 2. The second-order valence-electron chi connectivity index (χ2n) is 7.42. The van der Waals surface area contributed by atoms with Gasteiger partial charge in [0.15, 0.2) is 5.96 Å². The van der Waals surface area contributed by atoms with E-state index in [1.165, 1.54) is 0 Å². The Morgan fingerprint density at radius 2 is 1.84 bits per heavy atom. The predicted octanol–water partition coefficient (Wildman–Crippen LogP) is 2.87. The molecule has 2 N–H and O–H groups in total. The molecule has 1 amide bonds. The van der Waals surface area contributed by atoms with Crippen molar-refractivity contribution in [1.29, 1.82) is 0 Å². The van der Waals surface area contributed by atoms with Crippen LogP contribution in [0.1, 0.15) is 54.9 Å². The zero-order valence-electron chi connectivity index (χ0n) is 17.3. The molecule has 7 heteroatoms. The van der Waals surface area contributed by atoms with E-state index in [1.807, 2.05) is 46.6 Å². The first-order chi connectivity index (χ1) is 11.1. The van der Waals surface area contributed by atoms with Gasteiger partial charge in [-0.1, -0.05) is 13.8 Å². The van der Waals surface area contributed by atoms with Crippen LogP contribution >= 0.6 is 24.0 Å². The van der Waals surface area contributed by atoms with Crippen LogP contribution in [0.4, 0.5) is 0 Å². The fourth-order valence-electron chi connectivity index (χ4n) is 2.34. The van der Waals surface area contributed by atoms with Gasteiger partial charge in [-0.3, -0.25) is 9.79 Å². The summed E-state index contributed by atoms with van der Waals surface area (Å²) < 4.78 is 5.76. The second kappa shape index (κ2) is 13.6. The van der Waals surface area contributed by atoms with E-state index in [-0.39, 0.29) is 48.1 Å². The number of carbonyl (C=O) groups is 1. The Kier molecular flexibility index (Phi) is 14.5. The number of hydrogen-bond acceptors (Lipinski definition) is 3. The SMILES string of the molecule is CCNC(=NCCC(OCC)C(C)C)N(C)CC(=O)NC(C)(C)C.I. The lowest BCUT2D eigenvalue weighted by Gasteiger charge is -2.26. The minimum absolute atomic E-state index is 0. The normalized spacial score (nSPS) is 13.2. The molecule has 0 bridgehead atoms. The monoisotopic (exact) mass is 470 g/mol. The summed E-state index contributed by atoms with van der Waals surface area (Å²) in [4.78, 5) is 18.6.